The van der Waals surface area contributed by atoms with Crippen LogP contribution in [0, 0.1) is 23.7 Å². The first kappa shape index (κ1) is 27.5. The molecule has 212 valence electrons. The SMILES string of the molecule is CCN(CC)/C(=N\[C@@H]1O[C@@H]2O[C@]3(C)CC[C@H]4[C@H](C)CC[C@@H]([C@H]1C)C24OO3)Nc1ccc(OC(F)(F)F)cc1. The first-order valence-electron chi connectivity index (χ1n) is 13.6. The molecule has 1 aromatic carbocycles. The van der Waals surface area contributed by atoms with Crippen LogP contribution in [-0.2, 0) is 19.2 Å². The summed E-state index contributed by atoms with van der Waals surface area (Å²) in [5, 5.41) is 3.29. The summed E-state index contributed by atoms with van der Waals surface area (Å²) in [6, 6.07) is 5.62. The van der Waals surface area contributed by atoms with Crippen molar-refractivity contribution in [2.24, 2.45) is 28.7 Å². The quantitative estimate of drug-likeness (QED) is 0.283. The number of anilines is 1. The number of fused-ring (bicyclic) bond motifs is 2. The van der Waals surface area contributed by atoms with Gasteiger partial charge < -0.3 is 24.4 Å². The lowest BCUT2D eigenvalue weighted by molar-refractivity contribution is -0.570. The van der Waals surface area contributed by atoms with Crippen molar-refractivity contribution in [2.75, 3.05) is 18.4 Å². The zero-order valence-corrected chi connectivity index (χ0v) is 22.6. The van der Waals surface area contributed by atoms with Crippen LogP contribution in [-0.4, -0.2) is 54.2 Å². The van der Waals surface area contributed by atoms with Gasteiger partial charge in [-0.3, -0.25) is 0 Å². The monoisotopic (exact) mass is 541 g/mol. The minimum absolute atomic E-state index is 0.0193. The molecule has 38 heavy (non-hydrogen) atoms. The normalized spacial score (nSPS) is 38.8. The van der Waals surface area contributed by atoms with E-state index in [0.29, 0.717) is 30.7 Å². The van der Waals surface area contributed by atoms with Crippen LogP contribution in [0.4, 0.5) is 18.9 Å². The Hall–Kier alpha value is -2.08. The van der Waals surface area contributed by atoms with Crippen LogP contribution in [0.2, 0.25) is 0 Å². The minimum Gasteiger partial charge on any atom is -0.406 e. The lowest BCUT2D eigenvalue weighted by Crippen LogP contribution is -2.70. The second kappa shape index (κ2) is 10.1. The van der Waals surface area contributed by atoms with E-state index in [9.17, 15) is 13.2 Å². The molecule has 0 amide bonds. The van der Waals surface area contributed by atoms with Gasteiger partial charge in [-0.2, -0.15) is 0 Å². The summed E-state index contributed by atoms with van der Waals surface area (Å²) in [5.41, 5.74) is -0.0818. The number of nitrogens with zero attached hydrogens (tertiary/aromatic N) is 2. The van der Waals surface area contributed by atoms with E-state index in [1.54, 1.807) is 0 Å². The zero-order valence-electron chi connectivity index (χ0n) is 22.6. The van der Waals surface area contributed by atoms with Crippen LogP contribution in [0.15, 0.2) is 29.3 Å². The molecule has 0 aromatic heterocycles. The molecule has 4 saturated heterocycles. The summed E-state index contributed by atoms with van der Waals surface area (Å²) in [6.07, 6.45) is -2.11. The molecule has 4 aliphatic heterocycles. The maximum atomic E-state index is 12.6. The predicted molar refractivity (Wildman–Crippen MR) is 134 cm³/mol. The number of hydrogen-bond donors (Lipinski definition) is 1. The van der Waals surface area contributed by atoms with Gasteiger partial charge >= 0.3 is 6.36 Å². The Labute approximate surface area is 221 Å². The molecular weight excluding hydrogens is 503 g/mol. The second-order valence-electron chi connectivity index (χ2n) is 11.1. The van der Waals surface area contributed by atoms with Gasteiger partial charge in [0.05, 0.1) is 0 Å². The number of hydrogen-bond acceptors (Lipinski definition) is 6. The number of halogens is 3. The molecule has 5 fully saturated rings. The van der Waals surface area contributed by atoms with Crippen LogP contribution in [0.5, 0.6) is 5.75 Å². The summed E-state index contributed by atoms with van der Waals surface area (Å²) in [4.78, 5) is 19.2. The average molecular weight is 542 g/mol. The summed E-state index contributed by atoms with van der Waals surface area (Å²) in [5.74, 6) is 0.315. The van der Waals surface area contributed by atoms with E-state index in [-0.39, 0.29) is 23.5 Å². The van der Waals surface area contributed by atoms with Crippen LogP contribution in [0.1, 0.15) is 60.3 Å². The van der Waals surface area contributed by atoms with E-state index < -0.39 is 30.3 Å². The van der Waals surface area contributed by atoms with Gasteiger partial charge in [0.2, 0.25) is 11.7 Å². The van der Waals surface area contributed by atoms with Gasteiger partial charge in [0.1, 0.15) is 5.75 Å². The molecule has 8 nitrogen and oxygen atoms in total. The van der Waals surface area contributed by atoms with Gasteiger partial charge in [0.15, 0.2) is 18.1 Å². The Morgan fingerprint density at radius 3 is 2.45 bits per heavy atom. The highest BCUT2D eigenvalue weighted by Gasteiger charge is 2.69. The van der Waals surface area contributed by atoms with E-state index in [4.69, 9.17) is 24.2 Å². The van der Waals surface area contributed by atoms with Crippen LogP contribution in [0.25, 0.3) is 0 Å². The number of guanidine groups is 1. The Kier molecular flexibility index (Phi) is 7.34. The molecule has 11 heteroatoms. The first-order chi connectivity index (χ1) is 18.0. The van der Waals surface area contributed by atoms with Crippen LogP contribution >= 0.6 is 0 Å². The second-order valence-corrected chi connectivity index (χ2v) is 11.1. The Morgan fingerprint density at radius 2 is 1.79 bits per heavy atom. The standard InChI is InChI=1S/C27H38F3N3O5/c1-6-33(7-2)24(31-18-9-11-19(12-10-18)35-27(28,29)30)32-22-17(4)21-13-8-16(3)20-14-15-25(5)36-23(34-22)26(20,21)38-37-25/h9-12,16-17,20-23H,6-8,13-15H2,1-5H3,(H,31,32)/t16-,17-,20+,21+,22-,23-,25+,26?/m1/s1. The maximum Gasteiger partial charge on any atom is 0.573 e. The van der Waals surface area contributed by atoms with Gasteiger partial charge in [-0.25, -0.2) is 14.8 Å². The molecule has 1 saturated carbocycles. The topological polar surface area (TPSA) is 73.8 Å². The molecule has 1 spiro atoms. The highest BCUT2D eigenvalue weighted by atomic mass is 19.4. The largest absolute Gasteiger partial charge is 0.573 e. The van der Waals surface area contributed by atoms with Gasteiger partial charge in [-0.05, 0) is 76.1 Å². The van der Waals surface area contributed by atoms with Crippen molar-refractivity contribution >= 4 is 11.6 Å². The lowest BCUT2D eigenvalue weighted by atomic mass is 9.58. The Morgan fingerprint density at radius 1 is 1.08 bits per heavy atom. The fourth-order valence-corrected chi connectivity index (χ4v) is 6.74. The van der Waals surface area contributed by atoms with Crippen molar-refractivity contribution in [3.63, 3.8) is 0 Å². The van der Waals surface area contributed by atoms with E-state index in [1.807, 2.05) is 25.7 Å². The third-order valence-corrected chi connectivity index (χ3v) is 8.78. The average Bonchev–Trinajstić information content (AvgIpc) is 3.09. The van der Waals surface area contributed by atoms with E-state index >= 15 is 0 Å². The van der Waals surface area contributed by atoms with Crippen molar-refractivity contribution in [1.29, 1.82) is 0 Å². The first-order valence-corrected chi connectivity index (χ1v) is 13.6. The Bertz CT molecular complexity index is 1020. The smallest absolute Gasteiger partial charge is 0.406 e. The van der Waals surface area contributed by atoms with Gasteiger partial charge in [-0.1, -0.05) is 13.8 Å². The number of rotatable bonds is 5. The fraction of sp³-hybridized carbons (Fsp3) is 0.741. The van der Waals surface area contributed by atoms with Crippen molar-refractivity contribution in [3.05, 3.63) is 24.3 Å². The molecule has 1 aliphatic carbocycles. The van der Waals surface area contributed by atoms with Gasteiger partial charge in [0, 0.05) is 37.0 Å². The highest BCUT2D eigenvalue weighted by molar-refractivity contribution is 5.93. The Balaban J connectivity index is 1.44. The van der Waals surface area contributed by atoms with Crippen molar-refractivity contribution < 1.29 is 37.2 Å². The molecule has 1 aromatic rings. The predicted octanol–water partition coefficient (Wildman–Crippen LogP) is 5.90. The van der Waals surface area contributed by atoms with Crippen molar-refractivity contribution in [3.8, 4) is 5.75 Å². The fourth-order valence-electron chi connectivity index (χ4n) is 6.74. The van der Waals surface area contributed by atoms with Gasteiger partial charge in [-0.15, -0.1) is 13.2 Å². The number of alkyl halides is 3. The van der Waals surface area contributed by atoms with Crippen LogP contribution < -0.4 is 10.1 Å². The lowest BCUT2D eigenvalue weighted by Gasteiger charge is -2.59. The summed E-state index contributed by atoms with van der Waals surface area (Å²) in [7, 11) is 0. The molecule has 6 rings (SSSR count). The third-order valence-electron chi connectivity index (χ3n) is 8.78. The molecule has 5 aliphatic rings. The number of benzene rings is 1. The number of ether oxygens (including phenoxy) is 3. The zero-order chi connectivity index (χ0) is 27.3. The summed E-state index contributed by atoms with van der Waals surface area (Å²) >= 11 is 0. The minimum atomic E-state index is -4.74. The van der Waals surface area contributed by atoms with E-state index in [0.717, 1.165) is 25.7 Å². The van der Waals surface area contributed by atoms with E-state index in [2.05, 4.69) is 23.9 Å². The highest BCUT2D eigenvalue weighted by Crippen LogP contribution is 2.60. The van der Waals surface area contributed by atoms with Crippen LogP contribution in [0.3, 0.4) is 0 Å². The summed E-state index contributed by atoms with van der Waals surface area (Å²) < 4.78 is 54.8. The molecule has 8 atom stereocenters. The molecule has 1 unspecified atom stereocenters. The number of nitrogens with one attached hydrogen (secondary N) is 1. The molecule has 4 heterocycles. The molecular formula is C27H38F3N3O5. The molecule has 1 N–H and O–H groups in total. The molecule has 0 radical (unpaired) electrons. The number of aliphatic imine (C=N–C) groups is 1. The molecule has 2 bridgehead atoms. The van der Waals surface area contributed by atoms with E-state index in [1.165, 1.54) is 24.3 Å². The van der Waals surface area contributed by atoms with Crippen molar-refractivity contribution in [2.45, 2.75) is 90.6 Å². The summed E-state index contributed by atoms with van der Waals surface area (Å²) in [6.45, 7) is 11.7. The third kappa shape index (κ3) is 4.98. The van der Waals surface area contributed by atoms with Gasteiger partial charge in [0.25, 0.3) is 0 Å². The van der Waals surface area contributed by atoms with Crippen molar-refractivity contribution in [1.82, 2.24) is 4.90 Å². The maximum absolute atomic E-state index is 12.6.